The minimum Gasteiger partial charge on any atom is -0.352 e. The van der Waals surface area contributed by atoms with Crippen molar-refractivity contribution in [2.45, 2.75) is 26.1 Å². The van der Waals surface area contributed by atoms with Crippen molar-refractivity contribution in [3.05, 3.63) is 47.5 Å². The SMILES string of the molecule is CCN(C(=O)c1ccc(F)cc1N/N=C\C=NC)C(C)CNc1ncc(C(F)(F)F)cn1. The van der Waals surface area contributed by atoms with Gasteiger partial charge in [-0.2, -0.15) is 18.3 Å². The Morgan fingerprint density at radius 3 is 2.53 bits per heavy atom. The molecule has 1 amide bonds. The molecule has 1 heterocycles. The van der Waals surface area contributed by atoms with E-state index in [-0.39, 0.29) is 35.7 Å². The fourth-order valence-corrected chi connectivity index (χ4v) is 2.73. The van der Waals surface area contributed by atoms with Crippen molar-refractivity contribution >= 4 is 30.0 Å². The van der Waals surface area contributed by atoms with Crippen molar-refractivity contribution in [1.82, 2.24) is 14.9 Å². The highest BCUT2D eigenvalue weighted by Crippen LogP contribution is 2.28. The number of nitrogens with one attached hydrogen (secondary N) is 2. The maximum atomic E-state index is 13.7. The summed E-state index contributed by atoms with van der Waals surface area (Å²) in [5.74, 6) is -0.915. The van der Waals surface area contributed by atoms with Gasteiger partial charge in [0.15, 0.2) is 0 Å². The monoisotopic (exact) mass is 453 g/mol. The molecular weight excluding hydrogens is 430 g/mol. The van der Waals surface area contributed by atoms with Crippen LogP contribution >= 0.6 is 0 Å². The van der Waals surface area contributed by atoms with E-state index in [4.69, 9.17) is 0 Å². The minimum absolute atomic E-state index is 0.00409. The van der Waals surface area contributed by atoms with Gasteiger partial charge >= 0.3 is 6.18 Å². The number of hydrogen-bond acceptors (Lipinski definition) is 7. The topological polar surface area (TPSA) is 94.9 Å². The molecule has 0 aliphatic rings. The van der Waals surface area contributed by atoms with Crippen LogP contribution in [0.4, 0.5) is 29.2 Å². The van der Waals surface area contributed by atoms with E-state index in [2.05, 4.69) is 30.8 Å². The lowest BCUT2D eigenvalue weighted by molar-refractivity contribution is -0.138. The molecule has 2 N–H and O–H groups in total. The molecule has 8 nitrogen and oxygen atoms in total. The molecule has 0 aliphatic heterocycles. The van der Waals surface area contributed by atoms with Gasteiger partial charge in [0, 0.05) is 44.8 Å². The third kappa shape index (κ3) is 6.72. The third-order valence-electron chi connectivity index (χ3n) is 4.36. The van der Waals surface area contributed by atoms with Crippen LogP contribution in [-0.4, -0.2) is 59.4 Å². The molecule has 0 saturated heterocycles. The average Bonchev–Trinajstić information content (AvgIpc) is 2.75. The lowest BCUT2D eigenvalue weighted by Gasteiger charge is -2.29. The molecule has 2 rings (SSSR count). The first-order chi connectivity index (χ1) is 15.2. The van der Waals surface area contributed by atoms with Crippen molar-refractivity contribution < 1.29 is 22.4 Å². The number of likely N-dealkylation sites (N-methyl/N-ethyl adjacent to an activating group) is 1. The molecular formula is C20H23F4N7O. The first-order valence-electron chi connectivity index (χ1n) is 9.60. The molecule has 1 atom stereocenters. The van der Waals surface area contributed by atoms with E-state index in [1.165, 1.54) is 29.5 Å². The molecule has 1 aromatic heterocycles. The summed E-state index contributed by atoms with van der Waals surface area (Å²) in [6.07, 6.45) is -0.381. The fraction of sp³-hybridized carbons (Fsp3) is 0.350. The Labute approximate surface area is 182 Å². The molecule has 0 spiro atoms. The van der Waals surface area contributed by atoms with Gasteiger partial charge in [0.25, 0.3) is 5.91 Å². The van der Waals surface area contributed by atoms with Crippen molar-refractivity contribution in [1.29, 1.82) is 0 Å². The summed E-state index contributed by atoms with van der Waals surface area (Å²) in [5, 5.41) is 6.69. The van der Waals surface area contributed by atoms with E-state index in [1.807, 2.05) is 0 Å². The number of carbonyl (C=O) groups excluding carboxylic acids is 1. The maximum absolute atomic E-state index is 13.7. The van der Waals surface area contributed by atoms with Gasteiger partial charge in [-0.25, -0.2) is 14.4 Å². The summed E-state index contributed by atoms with van der Waals surface area (Å²) in [4.78, 5) is 25.7. The number of carbonyl (C=O) groups is 1. The van der Waals surface area contributed by atoms with Crippen LogP contribution in [0.3, 0.4) is 0 Å². The molecule has 1 aromatic carbocycles. The number of amides is 1. The van der Waals surface area contributed by atoms with Gasteiger partial charge in [-0.1, -0.05) is 0 Å². The Balaban J connectivity index is 2.11. The largest absolute Gasteiger partial charge is 0.419 e. The zero-order valence-corrected chi connectivity index (χ0v) is 17.7. The molecule has 172 valence electrons. The van der Waals surface area contributed by atoms with Gasteiger partial charge in [-0.15, -0.1) is 0 Å². The van der Waals surface area contributed by atoms with E-state index in [9.17, 15) is 22.4 Å². The number of benzene rings is 1. The normalized spacial score (nSPS) is 12.8. The Kier molecular flexibility index (Phi) is 8.62. The van der Waals surface area contributed by atoms with Gasteiger partial charge in [0.2, 0.25) is 5.95 Å². The number of alkyl halides is 3. The predicted molar refractivity (Wildman–Crippen MR) is 115 cm³/mol. The smallest absolute Gasteiger partial charge is 0.352 e. The van der Waals surface area contributed by atoms with E-state index < -0.39 is 17.6 Å². The summed E-state index contributed by atoms with van der Waals surface area (Å²) in [7, 11) is 1.56. The Morgan fingerprint density at radius 1 is 1.25 bits per heavy atom. The van der Waals surface area contributed by atoms with Crippen LogP contribution in [0.1, 0.15) is 29.8 Å². The summed E-state index contributed by atoms with van der Waals surface area (Å²) in [6.45, 7) is 4.04. The summed E-state index contributed by atoms with van der Waals surface area (Å²) >= 11 is 0. The Bertz CT molecular complexity index is 961. The van der Waals surface area contributed by atoms with E-state index in [0.29, 0.717) is 18.9 Å². The van der Waals surface area contributed by atoms with Gasteiger partial charge in [0.05, 0.1) is 23.0 Å². The molecule has 32 heavy (non-hydrogen) atoms. The van der Waals surface area contributed by atoms with Crippen LogP contribution in [0.5, 0.6) is 0 Å². The highest BCUT2D eigenvalue weighted by atomic mass is 19.4. The van der Waals surface area contributed by atoms with Crippen LogP contribution < -0.4 is 10.7 Å². The van der Waals surface area contributed by atoms with E-state index in [1.54, 1.807) is 20.9 Å². The standard InChI is InChI=1S/C20H23F4N7O/c1-4-31(13(2)10-26-19-27-11-14(12-28-19)20(22,23)24)18(32)16-6-5-15(21)9-17(16)30-29-8-7-25-3/h5-9,11-13,30H,4,10H2,1-3H3,(H,26,27,28)/b25-7?,29-8-. The molecule has 0 aliphatic carbocycles. The molecule has 0 bridgehead atoms. The lowest BCUT2D eigenvalue weighted by Crippen LogP contribution is -2.42. The van der Waals surface area contributed by atoms with Gasteiger partial charge in [-0.05, 0) is 32.0 Å². The maximum Gasteiger partial charge on any atom is 0.419 e. The zero-order chi connectivity index (χ0) is 23.7. The first-order valence-corrected chi connectivity index (χ1v) is 9.60. The molecule has 2 aromatic rings. The highest BCUT2D eigenvalue weighted by molar-refractivity contribution is 6.16. The number of nitrogens with zero attached hydrogens (tertiary/aromatic N) is 5. The average molecular weight is 453 g/mol. The Morgan fingerprint density at radius 2 is 1.94 bits per heavy atom. The molecule has 12 heteroatoms. The van der Waals surface area contributed by atoms with Gasteiger partial charge < -0.3 is 10.2 Å². The van der Waals surface area contributed by atoms with Crippen molar-refractivity contribution in [2.24, 2.45) is 10.1 Å². The minimum atomic E-state index is -4.52. The molecule has 0 saturated carbocycles. The number of halogens is 4. The number of rotatable bonds is 9. The van der Waals surface area contributed by atoms with Crippen LogP contribution in [0.25, 0.3) is 0 Å². The number of hydrazone groups is 1. The zero-order valence-electron chi connectivity index (χ0n) is 17.7. The number of hydrogen-bond donors (Lipinski definition) is 2. The first kappa shape index (κ1) is 24.7. The van der Waals surface area contributed by atoms with E-state index in [0.717, 1.165) is 6.07 Å². The van der Waals surface area contributed by atoms with E-state index >= 15 is 0 Å². The molecule has 1 unspecified atom stereocenters. The van der Waals surface area contributed by atoms with Crippen molar-refractivity contribution in [2.75, 3.05) is 30.9 Å². The van der Waals surface area contributed by atoms with Crippen LogP contribution in [0.15, 0.2) is 40.7 Å². The van der Waals surface area contributed by atoms with Crippen LogP contribution in [0, 0.1) is 5.82 Å². The highest BCUT2D eigenvalue weighted by Gasteiger charge is 2.31. The third-order valence-corrected chi connectivity index (χ3v) is 4.36. The van der Waals surface area contributed by atoms with Crippen LogP contribution in [-0.2, 0) is 6.18 Å². The fourth-order valence-electron chi connectivity index (χ4n) is 2.73. The second kappa shape index (κ2) is 11.2. The van der Waals surface area contributed by atoms with Crippen molar-refractivity contribution in [3.63, 3.8) is 0 Å². The quantitative estimate of drug-likeness (QED) is 0.343. The van der Waals surface area contributed by atoms with Crippen LogP contribution in [0.2, 0.25) is 0 Å². The summed E-state index contributed by atoms with van der Waals surface area (Å²) < 4.78 is 51.6. The molecule has 0 fully saturated rings. The second-order valence-electron chi connectivity index (χ2n) is 6.60. The number of anilines is 2. The van der Waals surface area contributed by atoms with Gasteiger partial charge in [0.1, 0.15) is 5.82 Å². The number of aliphatic imine (C=N–C) groups is 1. The molecule has 0 radical (unpaired) electrons. The summed E-state index contributed by atoms with van der Waals surface area (Å²) in [5.41, 5.74) is 2.06. The lowest BCUT2D eigenvalue weighted by atomic mass is 10.1. The number of aromatic nitrogens is 2. The summed E-state index contributed by atoms with van der Waals surface area (Å²) in [6, 6.07) is 3.29. The second-order valence-corrected chi connectivity index (χ2v) is 6.60. The predicted octanol–water partition coefficient (Wildman–Crippen LogP) is 3.70. The van der Waals surface area contributed by atoms with Crippen molar-refractivity contribution in [3.8, 4) is 0 Å². The van der Waals surface area contributed by atoms with Gasteiger partial charge in [-0.3, -0.25) is 15.2 Å². The Hall–Kier alpha value is -3.57.